The van der Waals surface area contributed by atoms with Crippen LogP contribution < -0.4 is 4.90 Å². The number of rotatable bonds is 4. The monoisotopic (exact) mass is 227 g/mol. The Balaban J connectivity index is 2.64. The molecule has 0 heterocycles. The Hall–Kier alpha value is -1.50. The summed E-state index contributed by atoms with van der Waals surface area (Å²) in [5, 5.41) is 2.75. The maximum atomic E-state index is 2.44. The van der Waals surface area contributed by atoms with E-state index in [0.29, 0.717) is 0 Å². The van der Waals surface area contributed by atoms with Crippen molar-refractivity contribution in [2.24, 2.45) is 0 Å². The van der Waals surface area contributed by atoms with Gasteiger partial charge in [-0.3, -0.25) is 0 Å². The van der Waals surface area contributed by atoms with Crippen molar-refractivity contribution >= 4 is 16.5 Å². The normalized spacial score (nSPS) is 10.8. The van der Waals surface area contributed by atoms with Gasteiger partial charge < -0.3 is 4.90 Å². The van der Waals surface area contributed by atoms with E-state index in [2.05, 4.69) is 62.1 Å². The van der Waals surface area contributed by atoms with Gasteiger partial charge in [0.2, 0.25) is 0 Å². The first-order valence-electron chi connectivity index (χ1n) is 6.57. The highest BCUT2D eigenvalue weighted by Gasteiger charge is 2.09. The van der Waals surface area contributed by atoms with E-state index in [-0.39, 0.29) is 0 Å². The summed E-state index contributed by atoms with van der Waals surface area (Å²) in [6.45, 7) is 8.83. The van der Waals surface area contributed by atoms with Gasteiger partial charge in [0.15, 0.2) is 0 Å². The highest BCUT2D eigenvalue weighted by molar-refractivity contribution is 5.90. The number of hydrogen-bond acceptors (Lipinski definition) is 1. The number of aryl methyl sites for hydroxylation is 1. The Labute approximate surface area is 104 Å². The van der Waals surface area contributed by atoms with E-state index in [1.165, 1.54) is 22.0 Å². The van der Waals surface area contributed by atoms with Gasteiger partial charge in [-0.2, -0.15) is 0 Å². The van der Waals surface area contributed by atoms with Crippen LogP contribution in [0.5, 0.6) is 0 Å². The molecule has 0 N–H and O–H groups in total. The highest BCUT2D eigenvalue weighted by Crippen LogP contribution is 2.29. The standard InChI is InChI=1S/C16H21N/c1-4-14-15-10-8-7-9-13(15)11-12-16(14)17(5-2)6-3/h7-12H,4-6H2,1-3H3. The third kappa shape index (κ3) is 2.14. The molecule has 0 aromatic heterocycles. The second kappa shape index (κ2) is 5.22. The van der Waals surface area contributed by atoms with E-state index >= 15 is 0 Å². The highest BCUT2D eigenvalue weighted by atomic mass is 15.1. The van der Waals surface area contributed by atoms with Gasteiger partial charge in [-0.25, -0.2) is 0 Å². The maximum Gasteiger partial charge on any atom is 0.0404 e. The van der Waals surface area contributed by atoms with Gasteiger partial charge in [-0.15, -0.1) is 0 Å². The second-order valence-corrected chi connectivity index (χ2v) is 4.31. The minimum Gasteiger partial charge on any atom is -0.372 e. The summed E-state index contributed by atoms with van der Waals surface area (Å²) in [6, 6.07) is 13.2. The molecular weight excluding hydrogens is 206 g/mol. The van der Waals surface area contributed by atoms with E-state index < -0.39 is 0 Å². The van der Waals surface area contributed by atoms with Crippen LogP contribution in [0.1, 0.15) is 26.3 Å². The van der Waals surface area contributed by atoms with Crippen LogP contribution in [0.4, 0.5) is 5.69 Å². The summed E-state index contributed by atoms with van der Waals surface area (Å²) in [6.07, 6.45) is 1.09. The minimum absolute atomic E-state index is 1.07. The topological polar surface area (TPSA) is 3.24 Å². The lowest BCUT2D eigenvalue weighted by Gasteiger charge is -2.25. The molecule has 0 radical (unpaired) electrons. The summed E-state index contributed by atoms with van der Waals surface area (Å²) < 4.78 is 0. The maximum absolute atomic E-state index is 2.44. The summed E-state index contributed by atoms with van der Waals surface area (Å²) in [7, 11) is 0. The first-order chi connectivity index (χ1) is 8.31. The molecule has 1 nitrogen and oxygen atoms in total. The van der Waals surface area contributed by atoms with E-state index in [1.54, 1.807) is 0 Å². The number of nitrogens with zero attached hydrogens (tertiary/aromatic N) is 1. The predicted octanol–water partition coefficient (Wildman–Crippen LogP) is 4.25. The molecule has 0 unspecified atom stereocenters. The van der Waals surface area contributed by atoms with Crippen molar-refractivity contribution in [2.45, 2.75) is 27.2 Å². The van der Waals surface area contributed by atoms with E-state index in [0.717, 1.165) is 19.5 Å². The van der Waals surface area contributed by atoms with Crippen LogP contribution in [-0.2, 0) is 6.42 Å². The van der Waals surface area contributed by atoms with Crippen LogP contribution in [0.2, 0.25) is 0 Å². The van der Waals surface area contributed by atoms with Crippen LogP contribution >= 0.6 is 0 Å². The number of anilines is 1. The summed E-state index contributed by atoms with van der Waals surface area (Å²) in [5.41, 5.74) is 2.88. The zero-order chi connectivity index (χ0) is 12.3. The molecule has 0 saturated heterocycles. The lowest BCUT2D eigenvalue weighted by Crippen LogP contribution is -2.23. The van der Waals surface area contributed by atoms with Crippen LogP contribution in [0.25, 0.3) is 10.8 Å². The van der Waals surface area contributed by atoms with Crippen LogP contribution in [-0.4, -0.2) is 13.1 Å². The fourth-order valence-electron chi connectivity index (χ4n) is 2.56. The second-order valence-electron chi connectivity index (χ2n) is 4.31. The van der Waals surface area contributed by atoms with Crippen LogP contribution in [0, 0.1) is 0 Å². The van der Waals surface area contributed by atoms with E-state index in [4.69, 9.17) is 0 Å². The molecule has 2 aromatic rings. The minimum atomic E-state index is 1.07. The Morgan fingerprint density at radius 1 is 0.882 bits per heavy atom. The molecule has 2 aromatic carbocycles. The summed E-state index contributed by atoms with van der Waals surface area (Å²) in [5.74, 6) is 0. The van der Waals surface area contributed by atoms with Crippen molar-refractivity contribution in [1.29, 1.82) is 0 Å². The lowest BCUT2D eigenvalue weighted by molar-refractivity contribution is 0.858. The summed E-state index contributed by atoms with van der Waals surface area (Å²) >= 11 is 0. The van der Waals surface area contributed by atoms with Crippen molar-refractivity contribution in [2.75, 3.05) is 18.0 Å². The van der Waals surface area contributed by atoms with E-state index in [9.17, 15) is 0 Å². The van der Waals surface area contributed by atoms with Crippen LogP contribution in [0.15, 0.2) is 36.4 Å². The quantitative estimate of drug-likeness (QED) is 0.754. The molecular formula is C16H21N. The number of benzene rings is 2. The van der Waals surface area contributed by atoms with Crippen molar-refractivity contribution < 1.29 is 0 Å². The van der Waals surface area contributed by atoms with Gasteiger partial charge in [-0.1, -0.05) is 37.3 Å². The zero-order valence-electron chi connectivity index (χ0n) is 11.0. The Bertz CT molecular complexity index is 498. The molecule has 0 fully saturated rings. The van der Waals surface area contributed by atoms with Gasteiger partial charge in [0.05, 0.1) is 0 Å². The Morgan fingerprint density at radius 2 is 1.59 bits per heavy atom. The molecule has 90 valence electrons. The molecule has 0 spiro atoms. The largest absolute Gasteiger partial charge is 0.372 e. The number of hydrogen-bond donors (Lipinski definition) is 0. The van der Waals surface area contributed by atoms with E-state index in [1.807, 2.05) is 0 Å². The molecule has 1 heteroatoms. The molecule has 0 bridgehead atoms. The molecule has 0 saturated carbocycles. The van der Waals surface area contributed by atoms with Gasteiger partial charge >= 0.3 is 0 Å². The van der Waals surface area contributed by atoms with Crippen molar-refractivity contribution in [3.8, 4) is 0 Å². The molecule has 2 rings (SSSR count). The zero-order valence-corrected chi connectivity index (χ0v) is 11.0. The Morgan fingerprint density at radius 3 is 2.24 bits per heavy atom. The third-order valence-electron chi connectivity index (χ3n) is 3.47. The fourth-order valence-corrected chi connectivity index (χ4v) is 2.56. The third-order valence-corrected chi connectivity index (χ3v) is 3.47. The first-order valence-corrected chi connectivity index (χ1v) is 6.57. The van der Waals surface area contributed by atoms with Gasteiger partial charge in [0.25, 0.3) is 0 Å². The van der Waals surface area contributed by atoms with Crippen molar-refractivity contribution in [3.05, 3.63) is 42.0 Å². The molecule has 0 atom stereocenters. The fraction of sp³-hybridized carbons (Fsp3) is 0.375. The van der Waals surface area contributed by atoms with Crippen molar-refractivity contribution in [1.82, 2.24) is 0 Å². The predicted molar refractivity (Wildman–Crippen MR) is 76.9 cm³/mol. The van der Waals surface area contributed by atoms with Crippen LogP contribution in [0.3, 0.4) is 0 Å². The molecule has 0 amide bonds. The van der Waals surface area contributed by atoms with Crippen molar-refractivity contribution in [3.63, 3.8) is 0 Å². The smallest absolute Gasteiger partial charge is 0.0404 e. The number of fused-ring (bicyclic) bond motifs is 1. The lowest BCUT2D eigenvalue weighted by atomic mass is 10.00. The molecule has 0 aliphatic heterocycles. The van der Waals surface area contributed by atoms with Gasteiger partial charge in [0.1, 0.15) is 0 Å². The summed E-state index contributed by atoms with van der Waals surface area (Å²) in [4.78, 5) is 2.44. The SMILES string of the molecule is CCc1c(N(CC)CC)ccc2ccccc12. The first kappa shape index (κ1) is 12.0. The van der Waals surface area contributed by atoms with Gasteiger partial charge in [-0.05, 0) is 42.7 Å². The average molecular weight is 227 g/mol. The Kier molecular flexibility index (Phi) is 3.68. The average Bonchev–Trinajstić information content (AvgIpc) is 2.39. The molecule has 17 heavy (non-hydrogen) atoms. The molecule has 0 aliphatic rings. The molecule has 0 aliphatic carbocycles. The van der Waals surface area contributed by atoms with Gasteiger partial charge in [0, 0.05) is 18.8 Å².